The third kappa shape index (κ3) is 4.43. The first-order valence-corrected chi connectivity index (χ1v) is 11.2. The summed E-state index contributed by atoms with van der Waals surface area (Å²) in [5.74, 6) is -0.216. The van der Waals surface area contributed by atoms with Gasteiger partial charge in [-0.1, -0.05) is 36.4 Å². The number of fused-ring (bicyclic) bond motifs is 2. The molecule has 7 heteroatoms. The summed E-state index contributed by atoms with van der Waals surface area (Å²) in [7, 11) is -3.70. The fraction of sp³-hybridized carbons (Fsp3) is 0.381. The van der Waals surface area contributed by atoms with Crippen LogP contribution in [0.1, 0.15) is 41.6 Å². The van der Waals surface area contributed by atoms with Gasteiger partial charge in [0.1, 0.15) is 0 Å². The summed E-state index contributed by atoms with van der Waals surface area (Å²) in [6.45, 7) is 0.206. The molecule has 2 bridgehead atoms. The zero-order valence-corrected chi connectivity index (χ0v) is 16.4. The minimum absolute atomic E-state index is 0.0986. The molecule has 2 atom stereocenters. The highest BCUT2D eigenvalue weighted by atomic mass is 32.2. The summed E-state index contributed by atoms with van der Waals surface area (Å²) >= 11 is 0. The summed E-state index contributed by atoms with van der Waals surface area (Å²) < 4.78 is 27.8. The molecule has 3 N–H and O–H groups in total. The predicted octanol–water partition coefficient (Wildman–Crippen LogP) is 2.18. The Labute approximate surface area is 165 Å². The zero-order valence-electron chi connectivity index (χ0n) is 15.6. The maximum Gasteiger partial charge on any atom is 0.251 e. The SMILES string of the molecule is O=C(NC1CC2CCC(C1)N2)c1cccc(S(=O)(=O)NCc2ccccc2)c1. The molecule has 2 heterocycles. The first kappa shape index (κ1) is 19.1. The second kappa shape index (κ2) is 8.03. The van der Waals surface area contributed by atoms with E-state index in [0.717, 1.165) is 31.2 Å². The Balaban J connectivity index is 1.42. The third-order valence-corrected chi connectivity index (χ3v) is 6.92. The second-order valence-electron chi connectivity index (χ2n) is 7.62. The first-order valence-electron chi connectivity index (χ1n) is 9.70. The molecule has 2 unspecified atom stereocenters. The van der Waals surface area contributed by atoms with E-state index in [1.165, 1.54) is 12.1 Å². The van der Waals surface area contributed by atoms with Gasteiger partial charge in [-0.2, -0.15) is 0 Å². The number of piperidine rings is 1. The predicted molar refractivity (Wildman–Crippen MR) is 107 cm³/mol. The molecule has 2 aromatic carbocycles. The van der Waals surface area contributed by atoms with Crippen molar-refractivity contribution in [1.82, 2.24) is 15.4 Å². The van der Waals surface area contributed by atoms with Crippen LogP contribution >= 0.6 is 0 Å². The number of carbonyl (C=O) groups is 1. The van der Waals surface area contributed by atoms with E-state index in [1.54, 1.807) is 12.1 Å². The van der Waals surface area contributed by atoms with E-state index >= 15 is 0 Å². The molecule has 6 nitrogen and oxygen atoms in total. The maximum atomic E-state index is 12.7. The summed E-state index contributed by atoms with van der Waals surface area (Å²) in [4.78, 5) is 12.8. The van der Waals surface area contributed by atoms with Gasteiger partial charge >= 0.3 is 0 Å². The summed E-state index contributed by atoms with van der Waals surface area (Å²) in [6, 6.07) is 16.7. The molecule has 28 heavy (non-hydrogen) atoms. The quantitative estimate of drug-likeness (QED) is 0.695. The van der Waals surface area contributed by atoms with Crippen molar-refractivity contribution in [3.63, 3.8) is 0 Å². The Morgan fingerprint density at radius 1 is 1.00 bits per heavy atom. The molecule has 4 rings (SSSR count). The van der Waals surface area contributed by atoms with Gasteiger partial charge in [0.05, 0.1) is 4.90 Å². The molecule has 148 valence electrons. The number of benzene rings is 2. The van der Waals surface area contributed by atoms with Crippen LogP contribution in [0.3, 0.4) is 0 Å². The van der Waals surface area contributed by atoms with Crippen LogP contribution in [0.15, 0.2) is 59.5 Å². The zero-order chi connectivity index (χ0) is 19.6. The summed E-state index contributed by atoms with van der Waals surface area (Å²) in [6.07, 6.45) is 4.19. The largest absolute Gasteiger partial charge is 0.349 e. The van der Waals surface area contributed by atoms with Crippen LogP contribution in [0.25, 0.3) is 0 Å². The minimum atomic E-state index is -3.70. The van der Waals surface area contributed by atoms with Crippen molar-refractivity contribution in [2.75, 3.05) is 0 Å². The van der Waals surface area contributed by atoms with Crippen LogP contribution in [0.5, 0.6) is 0 Å². The molecule has 2 aliphatic rings. The first-order chi connectivity index (χ1) is 13.5. The Kier molecular flexibility index (Phi) is 5.48. The van der Waals surface area contributed by atoms with Crippen LogP contribution in [0.2, 0.25) is 0 Å². The topological polar surface area (TPSA) is 87.3 Å². The molecule has 2 fully saturated rings. The van der Waals surface area contributed by atoms with Crippen molar-refractivity contribution in [3.8, 4) is 0 Å². The highest BCUT2D eigenvalue weighted by Gasteiger charge is 2.34. The van der Waals surface area contributed by atoms with Crippen molar-refractivity contribution in [2.45, 2.75) is 55.2 Å². The number of amides is 1. The van der Waals surface area contributed by atoms with Crippen molar-refractivity contribution in [2.24, 2.45) is 0 Å². The van der Waals surface area contributed by atoms with Gasteiger partial charge in [0, 0.05) is 30.2 Å². The van der Waals surface area contributed by atoms with Gasteiger partial charge < -0.3 is 10.6 Å². The molecule has 0 aromatic heterocycles. The fourth-order valence-corrected chi connectivity index (χ4v) is 5.17. The van der Waals surface area contributed by atoms with Crippen LogP contribution in [-0.4, -0.2) is 32.5 Å². The number of carbonyl (C=O) groups excluding carboxylic acids is 1. The number of rotatable bonds is 6. The minimum Gasteiger partial charge on any atom is -0.349 e. The highest BCUT2D eigenvalue weighted by molar-refractivity contribution is 7.89. The lowest BCUT2D eigenvalue weighted by atomic mass is 9.99. The van der Waals surface area contributed by atoms with Gasteiger partial charge in [0.15, 0.2) is 0 Å². The Morgan fingerprint density at radius 3 is 2.43 bits per heavy atom. The standard InChI is InChI=1S/C21H25N3O3S/c25-21(24-19-12-17-9-10-18(13-19)23-17)16-7-4-8-20(11-16)28(26,27)22-14-15-5-2-1-3-6-15/h1-8,11,17-19,22-23H,9-10,12-14H2,(H,24,25). The average molecular weight is 400 g/mol. The second-order valence-corrected chi connectivity index (χ2v) is 9.38. The lowest BCUT2D eigenvalue weighted by Gasteiger charge is -2.29. The van der Waals surface area contributed by atoms with E-state index in [4.69, 9.17) is 0 Å². The number of hydrogen-bond donors (Lipinski definition) is 3. The van der Waals surface area contributed by atoms with E-state index in [2.05, 4.69) is 15.4 Å². The van der Waals surface area contributed by atoms with Gasteiger partial charge in [-0.25, -0.2) is 13.1 Å². The van der Waals surface area contributed by atoms with Crippen LogP contribution in [0, 0.1) is 0 Å². The molecule has 0 aliphatic carbocycles. The van der Waals surface area contributed by atoms with Crippen molar-refractivity contribution >= 4 is 15.9 Å². The van der Waals surface area contributed by atoms with Crippen LogP contribution < -0.4 is 15.4 Å². The number of hydrogen-bond acceptors (Lipinski definition) is 4. The van der Waals surface area contributed by atoms with Gasteiger partial charge in [-0.3, -0.25) is 4.79 Å². The molecule has 0 radical (unpaired) electrons. The fourth-order valence-electron chi connectivity index (χ4n) is 4.11. The molecule has 0 spiro atoms. The Morgan fingerprint density at radius 2 is 1.71 bits per heavy atom. The average Bonchev–Trinajstić information content (AvgIpc) is 3.05. The summed E-state index contributed by atoms with van der Waals surface area (Å²) in [5.41, 5.74) is 1.24. The third-order valence-electron chi connectivity index (χ3n) is 5.52. The number of sulfonamides is 1. The molecule has 0 saturated carbocycles. The molecule has 2 aliphatic heterocycles. The van der Waals surface area contributed by atoms with E-state index in [0.29, 0.717) is 17.6 Å². The van der Waals surface area contributed by atoms with Gasteiger partial charge in [-0.05, 0) is 49.4 Å². The van der Waals surface area contributed by atoms with Crippen molar-refractivity contribution < 1.29 is 13.2 Å². The lowest BCUT2D eigenvalue weighted by Crippen LogP contribution is -2.48. The normalized spacial score (nSPS) is 24.1. The molecule has 2 saturated heterocycles. The number of nitrogens with one attached hydrogen (secondary N) is 3. The van der Waals surface area contributed by atoms with Crippen LogP contribution in [0.4, 0.5) is 0 Å². The summed E-state index contributed by atoms with van der Waals surface area (Å²) in [5, 5.41) is 6.63. The van der Waals surface area contributed by atoms with Gasteiger partial charge in [-0.15, -0.1) is 0 Å². The lowest BCUT2D eigenvalue weighted by molar-refractivity contribution is 0.0923. The Bertz CT molecular complexity index is 934. The molecular formula is C21H25N3O3S. The van der Waals surface area contributed by atoms with Crippen molar-refractivity contribution in [3.05, 3.63) is 65.7 Å². The van der Waals surface area contributed by atoms with Gasteiger partial charge in [0.25, 0.3) is 5.91 Å². The maximum absolute atomic E-state index is 12.7. The Hall–Kier alpha value is -2.22. The van der Waals surface area contributed by atoms with Crippen molar-refractivity contribution in [1.29, 1.82) is 0 Å². The van der Waals surface area contributed by atoms with Gasteiger partial charge in [0.2, 0.25) is 10.0 Å². The molecule has 1 amide bonds. The van der Waals surface area contributed by atoms with E-state index in [1.807, 2.05) is 30.3 Å². The smallest absolute Gasteiger partial charge is 0.251 e. The highest BCUT2D eigenvalue weighted by Crippen LogP contribution is 2.27. The van der Waals surface area contributed by atoms with E-state index < -0.39 is 10.0 Å². The monoisotopic (exact) mass is 399 g/mol. The molecule has 2 aromatic rings. The van der Waals surface area contributed by atoms with E-state index in [9.17, 15) is 13.2 Å². The van der Waals surface area contributed by atoms with Crippen LogP contribution in [-0.2, 0) is 16.6 Å². The van der Waals surface area contributed by atoms with E-state index in [-0.39, 0.29) is 23.4 Å². The molecular weight excluding hydrogens is 374 g/mol.